The van der Waals surface area contributed by atoms with Crippen LogP contribution in [0.3, 0.4) is 0 Å². The number of anilines is 1. The number of hydrogen-bond donors (Lipinski definition) is 1. The first-order valence-corrected chi connectivity index (χ1v) is 10.9. The standard InChI is InChI=1S/C24H32N4O2/c1-3-27-13-5-7-21(27)16-26-23(29)24(15-19-6-4-8-22(14-19)30-2)17-28(18-24)20-9-11-25-12-10-20/h4,6,8-12,14,21H,3,5,7,13,15-18H2,1-2H3,(H,26,29)/t21-/m0/s1. The molecule has 0 spiro atoms. The van der Waals surface area contributed by atoms with Gasteiger partial charge in [-0.2, -0.15) is 0 Å². The largest absolute Gasteiger partial charge is 0.497 e. The highest BCUT2D eigenvalue weighted by molar-refractivity contribution is 5.86. The van der Waals surface area contributed by atoms with Gasteiger partial charge in [0.2, 0.25) is 5.91 Å². The molecule has 1 atom stereocenters. The lowest BCUT2D eigenvalue weighted by molar-refractivity contribution is -0.132. The minimum absolute atomic E-state index is 0.165. The number of hydrogen-bond acceptors (Lipinski definition) is 5. The van der Waals surface area contributed by atoms with Gasteiger partial charge in [0.15, 0.2) is 0 Å². The Morgan fingerprint density at radius 2 is 2.07 bits per heavy atom. The van der Waals surface area contributed by atoms with Crippen molar-refractivity contribution in [1.29, 1.82) is 0 Å². The van der Waals surface area contributed by atoms with Crippen LogP contribution in [0.15, 0.2) is 48.8 Å². The van der Waals surface area contributed by atoms with Gasteiger partial charge < -0.3 is 15.0 Å². The summed E-state index contributed by atoms with van der Waals surface area (Å²) in [5, 5.41) is 3.30. The van der Waals surface area contributed by atoms with Gasteiger partial charge in [0.25, 0.3) is 0 Å². The molecule has 0 aliphatic carbocycles. The van der Waals surface area contributed by atoms with Crippen LogP contribution in [0, 0.1) is 5.41 Å². The van der Waals surface area contributed by atoms with Crippen molar-refractivity contribution >= 4 is 11.6 Å². The predicted molar refractivity (Wildman–Crippen MR) is 119 cm³/mol. The van der Waals surface area contributed by atoms with Crippen molar-refractivity contribution in [3.63, 3.8) is 0 Å². The smallest absolute Gasteiger partial charge is 0.230 e. The van der Waals surface area contributed by atoms with Crippen LogP contribution < -0.4 is 15.0 Å². The first-order valence-electron chi connectivity index (χ1n) is 10.9. The summed E-state index contributed by atoms with van der Waals surface area (Å²) in [6, 6.07) is 12.5. The second-order valence-corrected chi connectivity index (χ2v) is 8.50. The number of nitrogens with one attached hydrogen (secondary N) is 1. The Morgan fingerprint density at radius 3 is 2.80 bits per heavy atom. The Kier molecular flexibility index (Phi) is 6.23. The van der Waals surface area contributed by atoms with Gasteiger partial charge in [0.1, 0.15) is 5.75 Å². The van der Waals surface area contributed by atoms with E-state index in [2.05, 4.69) is 33.1 Å². The molecule has 2 saturated heterocycles. The van der Waals surface area contributed by atoms with E-state index < -0.39 is 5.41 Å². The number of rotatable bonds is 8. The van der Waals surface area contributed by atoms with Crippen molar-refractivity contribution < 1.29 is 9.53 Å². The Bertz CT molecular complexity index is 851. The van der Waals surface area contributed by atoms with Gasteiger partial charge in [-0.3, -0.25) is 14.7 Å². The van der Waals surface area contributed by atoms with E-state index in [4.69, 9.17) is 4.74 Å². The van der Waals surface area contributed by atoms with Crippen molar-refractivity contribution in [2.24, 2.45) is 5.41 Å². The highest BCUT2D eigenvalue weighted by atomic mass is 16.5. The predicted octanol–water partition coefficient (Wildman–Crippen LogP) is 2.74. The van der Waals surface area contributed by atoms with Crippen molar-refractivity contribution in [3.8, 4) is 5.75 Å². The highest BCUT2D eigenvalue weighted by Crippen LogP contribution is 2.38. The van der Waals surface area contributed by atoms with E-state index in [1.165, 1.54) is 12.8 Å². The van der Waals surface area contributed by atoms with E-state index in [1.54, 1.807) is 19.5 Å². The van der Waals surface area contributed by atoms with Crippen LogP contribution in [-0.4, -0.2) is 61.7 Å². The number of nitrogens with zero attached hydrogens (tertiary/aromatic N) is 3. The summed E-state index contributed by atoms with van der Waals surface area (Å²) >= 11 is 0. The molecule has 0 unspecified atom stereocenters. The molecule has 2 aromatic rings. The molecule has 2 aliphatic rings. The summed E-state index contributed by atoms with van der Waals surface area (Å²) in [6.07, 6.45) is 6.70. The minimum atomic E-state index is -0.425. The van der Waals surface area contributed by atoms with Gasteiger partial charge in [0, 0.05) is 43.8 Å². The number of likely N-dealkylation sites (N-methyl/N-ethyl adjacent to an activating group) is 1. The molecular weight excluding hydrogens is 376 g/mol. The van der Waals surface area contributed by atoms with E-state index >= 15 is 0 Å². The molecule has 4 rings (SSSR count). The Morgan fingerprint density at radius 1 is 1.27 bits per heavy atom. The molecule has 2 aliphatic heterocycles. The molecule has 30 heavy (non-hydrogen) atoms. The van der Waals surface area contributed by atoms with Gasteiger partial charge in [-0.1, -0.05) is 19.1 Å². The van der Waals surface area contributed by atoms with Crippen LogP contribution >= 0.6 is 0 Å². The molecule has 2 fully saturated rings. The maximum atomic E-state index is 13.4. The van der Waals surface area contributed by atoms with Crippen molar-refractivity contribution in [2.75, 3.05) is 44.7 Å². The summed E-state index contributed by atoms with van der Waals surface area (Å²) in [5.41, 5.74) is 1.83. The number of likely N-dealkylation sites (tertiary alicyclic amines) is 1. The number of carbonyl (C=O) groups excluding carboxylic acids is 1. The van der Waals surface area contributed by atoms with Gasteiger partial charge >= 0.3 is 0 Å². The molecular formula is C24H32N4O2. The third-order valence-electron chi connectivity index (χ3n) is 6.58. The van der Waals surface area contributed by atoms with Gasteiger partial charge in [-0.05, 0) is 62.2 Å². The average Bonchev–Trinajstić information content (AvgIpc) is 3.22. The number of pyridine rings is 1. The third-order valence-corrected chi connectivity index (χ3v) is 6.58. The van der Waals surface area contributed by atoms with E-state index in [0.29, 0.717) is 25.6 Å². The lowest BCUT2D eigenvalue weighted by atomic mass is 9.73. The molecule has 1 amide bonds. The van der Waals surface area contributed by atoms with Gasteiger partial charge in [-0.15, -0.1) is 0 Å². The second kappa shape index (κ2) is 9.04. The third kappa shape index (κ3) is 4.29. The van der Waals surface area contributed by atoms with Crippen LogP contribution in [0.4, 0.5) is 5.69 Å². The second-order valence-electron chi connectivity index (χ2n) is 8.50. The van der Waals surface area contributed by atoms with E-state index in [1.807, 2.05) is 30.3 Å². The number of ether oxygens (including phenoxy) is 1. The molecule has 6 heteroatoms. The molecule has 1 aromatic carbocycles. The molecule has 1 N–H and O–H groups in total. The SMILES string of the molecule is CCN1CCC[C@H]1CNC(=O)C1(Cc2cccc(OC)c2)CN(c2ccncc2)C1. The van der Waals surface area contributed by atoms with Crippen LogP contribution in [0.5, 0.6) is 5.75 Å². The Hall–Kier alpha value is -2.60. The zero-order chi connectivity index (χ0) is 21.0. The number of amides is 1. The van der Waals surface area contributed by atoms with Crippen molar-refractivity contribution in [2.45, 2.75) is 32.2 Å². The van der Waals surface area contributed by atoms with Crippen LogP contribution in [-0.2, 0) is 11.2 Å². The van der Waals surface area contributed by atoms with Crippen LogP contribution in [0.1, 0.15) is 25.3 Å². The summed E-state index contributed by atoms with van der Waals surface area (Å²) in [4.78, 5) is 22.3. The van der Waals surface area contributed by atoms with Gasteiger partial charge in [-0.25, -0.2) is 0 Å². The fourth-order valence-corrected chi connectivity index (χ4v) is 4.87. The summed E-state index contributed by atoms with van der Waals surface area (Å²) in [7, 11) is 1.68. The molecule has 0 saturated carbocycles. The molecule has 0 bridgehead atoms. The maximum absolute atomic E-state index is 13.4. The molecule has 0 radical (unpaired) electrons. The normalized spacial score (nSPS) is 20.6. The maximum Gasteiger partial charge on any atom is 0.230 e. The Balaban J connectivity index is 1.48. The fraction of sp³-hybridized carbons (Fsp3) is 0.500. The topological polar surface area (TPSA) is 57.7 Å². The number of carbonyl (C=O) groups is 1. The highest BCUT2D eigenvalue weighted by Gasteiger charge is 2.49. The zero-order valence-corrected chi connectivity index (χ0v) is 18.0. The number of methoxy groups -OCH3 is 1. The van der Waals surface area contributed by atoms with Gasteiger partial charge in [0.05, 0.1) is 12.5 Å². The van der Waals surface area contributed by atoms with Crippen LogP contribution in [0.25, 0.3) is 0 Å². The quantitative estimate of drug-likeness (QED) is 0.728. The van der Waals surface area contributed by atoms with Crippen molar-refractivity contribution in [3.05, 3.63) is 54.4 Å². The lowest BCUT2D eigenvalue weighted by Crippen LogP contribution is -2.65. The van der Waals surface area contributed by atoms with Crippen LogP contribution in [0.2, 0.25) is 0 Å². The van der Waals surface area contributed by atoms with E-state index in [9.17, 15) is 4.79 Å². The van der Waals surface area contributed by atoms with E-state index in [-0.39, 0.29) is 5.91 Å². The van der Waals surface area contributed by atoms with E-state index in [0.717, 1.165) is 36.6 Å². The first kappa shape index (κ1) is 20.7. The Labute approximate surface area is 179 Å². The number of aromatic nitrogens is 1. The molecule has 3 heterocycles. The summed E-state index contributed by atoms with van der Waals surface area (Å²) in [5.74, 6) is 0.997. The molecule has 160 valence electrons. The minimum Gasteiger partial charge on any atom is -0.497 e. The first-order chi connectivity index (χ1) is 14.6. The van der Waals surface area contributed by atoms with Crippen molar-refractivity contribution in [1.82, 2.24) is 15.2 Å². The molecule has 1 aromatic heterocycles. The molecule has 6 nitrogen and oxygen atoms in total. The lowest BCUT2D eigenvalue weighted by Gasteiger charge is -2.50. The fourth-order valence-electron chi connectivity index (χ4n) is 4.87. The summed E-state index contributed by atoms with van der Waals surface area (Å²) in [6.45, 7) is 6.54. The summed E-state index contributed by atoms with van der Waals surface area (Å²) < 4.78 is 5.39. The number of benzene rings is 1. The average molecular weight is 409 g/mol. The monoisotopic (exact) mass is 408 g/mol. The zero-order valence-electron chi connectivity index (χ0n) is 18.0.